The Hall–Kier alpha value is -1.89. The number of thioether (sulfide) groups is 1. The van der Waals surface area contributed by atoms with Crippen LogP contribution in [-0.2, 0) is 4.79 Å². The summed E-state index contributed by atoms with van der Waals surface area (Å²) in [4.78, 5) is 15.1. The highest BCUT2D eigenvalue weighted by molar-refractivity contribution is 8.00. The van der Waals surface area contributed by atoms with Gasteiger partial charge in [0.25, 0.3) is 0 Å². The van der Waals surface area contributed by atoms with Crippen molar-refractivity contribution in [3.05, 3.63) is 35.9 Å². The summed E-state index contributed by atoms with van der Waals surface area (Å²) in [5.74, 6) is 0.176. The lowest BCUT2D eigenvalue weighted by Gasteiger charge is -2.23. The number of nitrogens with zero attached hydrogens (tertiary/aromatic N) is 5. The van der Waals surface area contributed by atoms with Crippen molar-refractivity contribution in [1.29, 1.82) is 0 Å². The lowest BCUT2D eigenvalue weighted by Crippen LogP contribution is -2.31. The first-order chi connectivity index (χ1) is 12.3. The number of tetrazole rings is 1. The van der Waals surface area contributed by atoms with Crippen LogP contribution in [0.5, 0.6) is 0 Å². The Morgan fingerprint density at radius 3 is 2.52 bits per heavy atom. The largest absolute Gasteiger partial charge is 0.341 e. The van der Waals surface area contributed by atoms with Crippen molar-refractivity contribution in [2.24, 2.45) is 0 Å². The molecule has 0 N–H and O–H groups in total. The van der Waals surface area contributed by atoms with Crippen molar-refractivity contribution in [3.8, 4) is 0 Å². The summed E-state index contributed by atoms with van der Waals surface area (Å²) in [7, 11) is 0. The first-order valence-corrected chi connectivity index (χ1v) is 9.99. The van der Waals surface area contributed by atoms with E-state index >= 15 is 0 Å². The number of hydrogen-bond donors (Lipinski definition) is 0. The lowest BCUT2D eigenvalue weighted by atomic mass is 10.1. The predicted octanol–water partition coefficient (Wildman–Crippen LogP) is 3.24. The Labute approximate surface area is 152 Å². The van der Waals surface area contributed by atoms with Crippen LogP contribution < -0.4 is 0 Å². The molecule has 132 valence electrons. The molecule has 0 bridgehead atoms. The van der Waals surface area contributed by atoms with Gasteiger partial charge in [0.15, 0.2) is 0 Å². The second-order valence-electron chi connectivity index (χ2n) is 6.79. The van der Waals surface area contributed by atoms with Gasteiger partial charge in [-0.05, 0) is 41.7 Å². The maximum Gasteiger partial charge on any atom is 0.240 e. The molecule has 1 aromatic carbocycles. The molecule has 2 aliphatic rings. The maximum absolute atomic E-state index is 13.1. The minimum Gasteiger partial charge on any atom is -0.341 e. The van der Waals surface area contributed by atoms with Crippen LogP contribution in [0.3, 0.4) is 0 Å². The predicted molar refractivity (Wildman–Crippen MR) is 96.2 cm³/mol. The van der Waals surface area contributed by atoms with Crippen LogP contribution >= 0.6 is 11.8 Å². The minimum absolute atomic E-state index is 0.176. The Morgan fingerprint density at radius 2 is 1.80 bits per heavy atom. The number of likely N-dealkylation sites (tertiary alicyclic amines) is 1. The average Bonchev–Trinajstić information content (AvgIpc) is 3.42. The standard InChI is InChI=1S/C18H23N5OS/c24-17(22-12-6-7-13-22)16(14-8-2-1-3-9-14)25-18-19-20-21-23(18)15-10-4-5-11-15/h1-3,8-9,15-16H,4-7,10-13H2. The number of amides is 1. The molecule has 1 aliphatic heterocycles. The zero-order chi connectivity index (χ0) is 17.1. The molecule has 2 heterocycles. The van der Waals surface area contributed by atoms with Crippen LogP contribution in [0, 0.1) is 0 Å². The number of carbonyl (C=O) groups excluding carboxylic acids is 1. The van der Waals surface area contributed by atoms with E-state index < -0.39 is 0 Å². The van der Waals surface area contributed by atoms with Gasteiger partial charge >= 0.3 is 0 Å². The van der Waals surface area contributed by atoms with E-state index in [9.17, 15) is 4.79 Å². The van der Waals surface area contributed by atoms with Crippen LogP contribution in [0.4, 0.5) is 0 Å². The van der Waals surface area contributed by atoms with Crippen LogP contribution in [0.15, 0.2) is 35.5 Å². The molecule has 1 amide bonds. The van der Waals surface area contributed by atoms with Crippen molar-refractivity contribution in [2.45, 2.75) is 55.0 Å². The van der Waals surface area contributed by atoms with E-state index in [1.165, 1.54) is 24.6 Å². The van der Waals surface area contributed by atoms with E-state index in [1.54, 1.807) is 0 Å². The van der Waals surface area contributed by atoms with Gasteiger partial charge in [0.1, 0.15) is 5.25 Å². The van der Waals surface area contributed by atoms with Crippen LogP contribution in [0.25, 0.3) is 0 Å². The molecule has 7 heteroatoms. The van der Waals surface area contributed by atoms with Gasteiger partial charge in [0.05, 0.1) is 6.04 Å². The highest BCUT2D eigenvalue weighted by atomic mass is 32.2. The molecule has 1 saturated carbocycles. The first-order valence-electron chi connectivity index (χ1n) is 9.11. The van der Waals surface area contributed by atoms with Gasteiger partial charge in [0.2, 0.25) is 11.1 Å². The molecule has 0 spiro atoms. The number of carbonyl (C=O) groups is 1. The van der Waals surface area contributed by atoms with Crippen molar-refractivity contribution in [1.82, 2.24) is 25.1 Å². The SMILES string of the molecule is O=C(C(Sc1nnnn1C1CCCC1)c1ccccc1)N1CCCC1. The molecular formula is C18H23N5OS. The third kappa shape index (κ3) is 3.56. The Balaban J connectivity index is 1.60. The summed E-state index contributed by atoms with van der Waals surface area (Å²) in [6.45, 7) is 1.71. The lowest BCUT2D eigenvalue weighted by molar-refractivity contribution is -0.129. The van der Waals surface area contributed by atoms with Gasteiger partial charge in [-0.1, -0.05) is 54.9 Å². The molecular weight excluding hydrogens is 334 g/mol. The first kappa shape index (κ1) is 16.6. The minimum atomic E-state index is -0.287. The zero-order valence-corrected chi connectivity index (χ0v) is 15.1. The molecule has 1 unspecified atom stereocenters. The summed E-state index contributed by atoms with van der Waals surface area (Å²) in [5, 5.41) is 12.8. The monoisotopic (exact) mass is 357 g/mol. The molecule has 0 radical (unpaired) electrons. The number of rotatable bonds is 5. The van der Waals surface area contributed by atoms with Gasteiger partial charge < -0.3 is 4.90 Å². The van der Waals surface area contributed by atoms with Gasteiger partial charge in [-0.25, -0.2) is 4.68 Å². The molecule has 2 aromatic rings. The average molecular weight is 357 g/mol. The van der Waals surface area contributed by atoms with Crippen LogP contribution in [0.2, 0.25) is 0 Å². The topological polar surface area (TPSA) is 63.9 Å². The quantitative estimate of drug-likeness (QED) is 0.769. The maximum atomic E-state index is 13.1. The van der Waals surface area contributed by atoms with E-state index in [0.29, 0.717) is 6.04 Å². The summed E-state index contributed by atoms with van der Waals surface area (Å²) >= 11 is 1.49. The van der Waals surface area contributed by atoms with Crippen molar-refractivity contribution >= 4 is 17.7 Å². The smallest absolute Gasteiger partial charge is 0.240 e. The summed E-state index contributed by atoms with van der Waals surface area (Å²) in [5.41, 5.74) is 1.02. The Bertz CT molecular complexity index is 707. The molecule has 25 heavy (non-hydrogen) atoms. The number of hydrogen-bond acceptors (Lipinski definition) is 5. The summed E-state index contributed by atoms with van der Waals surface area (Å²) in [6.07, 6.45) is 6.88. The molecule has 6 nitrogen and oxygen atoms in total. The van der Waals surface area contributed by atoms with E-state index in [4.69, 9.17) is 0 Å². The van der Waals surface area contributed by atoms with E-state index in [-0.39, 0.29) is 11.2 Å². The molecule has 1 aliphatic carbocycles. The third-order valence-corrected chi connectivity index (χ3v) is 6.29. The van der Waals surface area contributed by atoms with Crippen molar-refractivity contribution in [3.63, 3.8) is 0 Å². The van der Waals surface area contributed by atoms with Gasteiger partial charge in [-0.2, -0.15) is 0 Å². The highest BCUT2D eigenvalue weighted by Gasteiger charge is 2.31. The molecule has 1 saturated heterocycles. The number of aromatic nitrogens is 4. The third-order valence-electron chi connectivity index (χ3n) is 5.10. The van der Waals surface area contributed by atoms with Crippen LogP contribution in [-0.4, -0.2) is 44.1 Å². The van der Waals surface area contributed by atoms with Crippen molar-refractivity contribution < 1.29 is 4.79 Å². The van der Waals surface area contributed by atoms with Gasteiger partial charge in [-0.15, -0.1) is 5.10 Å². The van der Waals surface area contributed by atoms with E-state index in [1.807, 2.05) is 39.9 Å². The zero-order valence-electron chi connectivity index (χ0n) is 14.3. The van der Waals surface area contributed by atoms with Gasteiger partial charge in [-0.3, -0.25) is 4.79 Å². The highest BCUT2D eigenvalue weighted by Crippen LogP contribution is 2.39. The summed E-state index contributed by atoms with van der Waals surface area (Å²) < 4.78 is 1.94. The van der Waals surface area contributed by atoms with Crippen LogP contribution in [0.1, 0.15) is 55.4 Å². The Kier molecular flexibility index (Phi) is 5.01. The normalized spacial score (nSPS) is 19.4. The molecule has 1 atom stereocenters. The second-order valence-corrected chi connectivity index (χ2v) is 7.86. The molecule has 1 aromatic heterocycles. The fourth-order valence-electron chi connectivity index (χ4n) is 3.74. The van der Waals surface area contributed by atoms with E-state index in [0.717, 1.165) is 49.5 Å². The van der Waals surface area contributed by atoms with Crippen molar-refractivity contribution in [2.75, 3.05) is 13.1 Å². The molecule has 4 rings (SSSR count). The fourth-order valence-corrected chi connectivity index (χ4v) is 4.87. The fraction of sp³-hybridized carbons (Fsp3) is 0.556. The van der Waals surface area contributed by atoms with E-state index in [2.05, 4.69) is 15.5 Å². The molecule has 2 fully saturated rings. The summed E-state index contributed by atoms with van der Waals surface area (Å²) in [6, 6.07) is 10.4. The van der Waals surface area contributed by atoms with Gasteiger partial charge in [0, 0.05) is 13.1 Å². The second kappa shape index (κ2) is 7.56. The number of benzene rings is 1. The Morgan fingerprint density at radius 1 is 1.08 bits per heavy atom.